The second-order valence-corrected chi connectivity index (χ2v) is 7.14. The number of imide groups is 1. The summed E-state index contributed by atoms with van der Waals surface area (Å²) in [5.41, 5.74) is 2.95. The van der Waals surface area contributed by atoms with Gasteiger partial charge >= 0.3 is 5.97 Å². The van der Waals surface area contributed by atoms with Crippen LogP contribution in [0.3, 0.4) is 0 Å². The quantitative estimate of drug-likeness (QED) is 0.281. The molecule has 156 valence electrons. The summed E-state index contributed by atoms with van der Waals surface area (Å²) in [5.74, 6) is -0.732. The predicted octanol–water partition coefficient (Wildman–Crippen LogP) is 3.76. The molecule has 0 unspecified atom stereocenters. The van der Waals surface area contributed by atoms with Gasteiger partial charge in [0.2, 0.25) is 0 Å². The Morgan fingerprint density at radius 2 is 1.93 bits per heavy atom. The molecule has 0 saturated carbocycles. The molecule has 2 aromatic rings. The summed E-state index contributed by atoms with van der Waals surface area (Å²) in [5, 5.41) is 2.24. The van der Waals surface area contributed by atoms with Gasteiger partial charge in [-0.3, -0.25) is 19.7 Å². The van der Waals surface area contributed by atoms with Gasteiger partial charge in [-0.05, 0) is 48.9 Å². The van der Waals surface area contributed by atoms with E-state index in [1.807, 2.05) is 24.3 Å². The van der Waals surface area contributed by atoms with Crippen LogP contribution in [0.25, 0.3) is 0 Å². The summed E-state index contributed by atoms with van der Waals surface area (Å²) in [6, 6.07) is 10.8. The Kier molecular flexibility index (Phi) is 7.01. The maximum atomic E-state index is 12.4. The monoisotopic (exact) mass is 407 g/mol. The van der Waals surface area contributed by atoms with E-state index >= 15 is 0 Å². The third-order valence-electron chi connectivity index (χ3n) is 5.05. The highest BCUT2D eigenvalue weighted by Gasteiger charge is 2.29. The van der Waals surface area contributed by atoms with Crippen LogP contribution < -0.4 is 10.1 Å². The Bertz CT molecular complexity index is 980. The minimum absolute atomic E-state index is 0.0684. The molecule has 6 heteroatoms. The number of amides is 2. The predicted molar refractivity (Wildman–Crippen MR) is 112 cm³/mol. The molecule has 2 aromatic carbocycles. The SMILES string of the molecule is C=CCCCCc1ccc(COC(=O)Cc2cccc3c2C(=O)NC3=O)c(OC)c1. The summed E-state index contributed by atoms with van der Waals surface area (Å²) >= 11 is 0. The first-order chi connectivity index (χ1) is 14.5. The van der Waals surface area contributed by atoms with Crippen molar-refractivity contribution in [1.29, 1.82) is 0 Å². The first-order valence-corrected chi connectivity index (χ1v) is 9.93. The topological polar surface area (TPSA) is 81.7 Å². The van der Waals surface area contributed by atoms with Crippen molar-refractivity contribution < 1.29 is 23.9 Å². The zero-order valence-electron chi connectivity index (χ0n) is 17.0. The van der Waals surface area contributed by atoms with Gasteiger partial charge in [0.25, 0.3) is 11.8 Å². The van der Waals surface area contributed by atoms with Crippen molar-refractivity contribution in [2.75, 3.05) is 7.11 Å². The van der Waals surface area contributed by atoms with Crippen molar-refractivity contribution in [2.24, 2.45) is 0 Å². The van der Waals surface area contributed by atoms with E-state index in [1.54, 1.807) is 25.3 Å². The number of methoxy groups -OCH3 is 1. The summed E-state index contributed by atoms with van der Waals surface area (Å²) in [6.07, 6.45) is 5.95. The van der Waals surface area contributed by atoms with Gasteiger partial charge in [0.05, 0.1) is 24.7 Å². The summed E-state index contributed by atoms with van der Waals surface area (Å²) in [4.78, 5) is 36.1. The fraction of sp³-hybridized carbons (Fsp3) is 0.292. The van der Waals surface area contributed by atoms with Crippen LogP contribution in [0.2, 0.25) is 0 Å². The molecule has 0 spiro atoms. The van der Waals surface area contributed by atoms with E-state index in [1.165, 1.54) is 5.56 Å². The van der Waals surface area contributed by atoms with Crippen LogP contribution in [0.5, 0.6) is 5.75 Å². The molecule has 0 saturated heterocycles. The van der Waals surface area contributed by atoms with E-state index in [-0.39, 0.29) is 24.2 Å². The van der Waals surface area contributed by atoms with Gasteiger partial charge in [-0.15, -0.1) is 6.58 Å². The molecule has 3 rings (SSSR count). The van der Waals surface area contributed by atoms with Gasteiger partial charge in [-0.1, -0.05) is 30.3 Å². The summed E-state index contributed by atoms with van der Waals surface area (Å²) in [7, 11) is 1.59. The molecular formula is C24H25NO5. The molecule has 0 aliphatic carbocycles. The molecule has 2 amide bonds. The maximum absolute atomic E-state index is 12.4. The van der Waals surface area contributed by atoms with Crippen LogP contribution in [0.4, 0.5) is 0 Å². The van der Waals surface area contributed by atoms with Crippen molar-refractivity contribution in [3.05, 3.63) is 76.9 Å². The number of allylic oxidation sites excluding steroid dienone is 1. The number of carbonyl (C=O) groups is 3. The molecular weight excluding hydrogens is 382 g/mol. The number of hydrogen-bond donors (Lipinski definition) is 1. The van der Waals surface area contributed by atoms with Crippen molar-refractivity contribution in [3.8, 4) is 5.75 Å². The lowest BCUT2D eigenvalue weighted by atomic mass is 10.0. The second kappa shape index (κ2) is 9.87. The largest absolute Gasteiger partial charge is 0.496 e. The van der Waals surface area contributed by atoms with Gasteiger partial charge in [-0.25, -0.2) is 0 Å². The van der Waals surface area contributed by atoms with E-state index in [2.05, 4.69) is 11.9 Å². The van der Waals surface area contributed by atoms with Crippen molar-refractivity contribution >= 4 is 17.8 Å². The standard InChI is InChI=1S/C24H25NO5/c1-3-4-5-6-8-16-11-12-18(20(13-16)29-2)15-30-21(26)14-17-9-7-10-19-22(17)24(28)25-23(19)27/h3,7,9-13H,1,4-6,8,14-15H2,2H3,(H,25,27,28). The number of carbonyl (C=O) groups excluding carboxylic acids is 3. The first-order valence-electron chi connectivity index (χ1n) is 9.93. The smallest absolute Gasteiger partial charge is 0.310 e. The maximum Gasteiger partial charge on any atom is 0.310 e. The Morgan fingerprint density at radius 3 is 2.70 bits per heavy atom. The highest BCUT2D eigenvalue weighted by molar-refractivity contribution is 6.22. The van der Waals surface area contributed by atoms with Crippen LogP contribution in [0.15, 0.2) is 49.1 Å². The van der Waals surface area contributed by atoms with Crippen LogP contribution >= 0.6 is 0 Å². The van der Waals surface area contributed by atoms with Gasteiger partial charge < -0.3 is 9.47 Å². The van der Waals surface area contributed by atoms with E-state index in [0.29, 0.717) is 11.3 Å². The van der Waals surface area contributed by atoms with Gasteiger partial charge in [0.15, 0.2) is 0 Å². The molecule has 0 bridgehead atoms. The Balaban J connectivity index is 1.61. The molecule has 1 heterocycles. The molecule has 6 nitrogen and oxygen atoms in total. The molecule has 30 heavy (non-hydrogen) atoms. The summed E-state index contributed by atoms with van der Waals surface area (Å²) in [6.45, 7) is 3.80. The van der Waals surface area contributed by atoms with E-state index in [9.17, 15) is 14.4 Å². The minimum Gasteiger partial charge on any atom is -0.496 e. The normalized spacial score (nSPS) is 12.3. The second-order valence-electron chi connectivity index (χ2n) is 7.14. The number of benzene rings is 2. The average Bonchev–Trinajstić information content (AvgIpc) is 3.04. The van der Waals surface area contributed by atoms with Crippen molar-refractivity contribution in [3.63, 3.8) is 0 Å². The zero-order chi connectivity index (χ0) is 21.5. The number of unbranched alkanes of at least 4 members (excludes halogenated alkanes) is 2. The molecule has 1 N–H and O–H groups in total. The third kappa shape index (κ3) is 4.95. The zero-order valence-corrected chi connectivity index (χ0v) is 17.0. The lowest BCUT2D eigenvalue weighted by Gasteiger charge is -2.12. The lowest BCUT2D eigenvalue weighted by Crippen LogP contribution is -2.20. The van der Waals surface area contributed by atoms with Crippen LogP contribution in [-0.4, -0.2) is 24.9 Å². The number of nitrogens with one attached hydrogen (secondary N) is 1. The highest BCUT2D eigenvalue weighted by atomic mass is 16.5. The fourth-order valence-corrected chi connectivity index (χ4v) is 3.48. The van der Waals surface area contributed by atoms with Gasteiger partial charge in [0.1, 0.15) is 12.4 Å². The van der Waals surface area contributed by atoms with Crippen molar-refractivity contribution in [1.82, 2.24) is 5.32 Å². The average molecular weight is 407 g/mol. The Labute approximate surface area is 175 Å². The van der Waals surface area contributed by atoms with Crippen LogP contribution in [0.1, 0.15) is 56.7 Å². The third-order valence-corrected chi connectivity index (χ3v) is 5.05. The van der Waals surface area contributed by atoms with Crippen LogP contribution in [0, 0.1) is 0 Å². The number of hydrogen-bond acceptors (Lipinski definition) is 5. The number of fused-ring (bicyclic) bond motifs is 1. The fourth-order valence-electron chi connectivity index (χ4n) is 3.48. The molecule has 1 aliphatic rings. The van der Waals surface area contributed by atoms with E-state index < -0.39 is 17.8 Å². The number of esters is 1. The molecule has 1 aliphatic heterocycles. The molecule has 0 fully saturated rings. The number of rotatable bonds is 10. The Morgan fingerprint density at radius 1 is 1.10 bits per heavy atom. The molecule has 0 atom stereocenters. The van der Waals surface area contributed by atoms with E-state index in [0.717, 1.165) is 31.2 Å². The lowest BCUT2D eigenvalue weighted by molar-refractivity contribution is -0.144. The highest BCUT2D eigenvalue weighted by Crippen LogP contribution is 2.24. The van der Waals surface area contributed by atoms with Crippen LogP contribution in [-0.2, 0) is 29.0 Å². The summed E-state index contributed by atoms with van der Waals surface area (Å²) < 4.78 is 10.9. The minimum atomic E-state index is -0.483. The van der Waals surface area contributed by atoms with Gasteiger partial charge in [-0.2, -0.15) is 0 Å². The van der Waals surface area contributed by atoms with Gasteiger partial charge in [0, 0.05) is 5.56 Å². The number of ether oxygens (including phenoxy) is 2. The first kappa shape index (κ1) is 21.3. The van der Waals surface area contributed by atoms with Crippen molar-refractivity contribution in [2.45, 2.75) is 38.7 Å². The van der Waals surface area contributed by atoms with E-state index in [4.69, 9.17) is 9.47 Å². The molecule has 0 aromatic heterocycles. The Hall–Kier alpha value is -3.41. The number of aryl methyl sites for hydroxylation is 1. The molecule has 0 radical (unpaired) electrons.